The highest BCUT2D eigenvalue weighted by atomic mass is 19.2. The molecule has 1 N–H and O–H groups in total. The second kappa shape index (κ2) is 15.0. The number of aliphatic hydroxyl groups excluding tert-OH is 1. The van der Waals surface area contributed by atoms with Gasteiger partial charge >= 0.3 is 0 Å². The minimum Gasteiger partial charge on any atom is -0.505 e. The summed E-state index contributed by atoms with van der Waals surface area (Å²) in [6.45, 7) is 21.6. The van der Waals surface area contributed by atoms with Crippen LogP contribution in [0.25, 0.3) is 0 Å². The van der Waals surface area contributed by atoms with E-state index in [0.717, 1.165) is 0 Å². The first-order valence-corrected chi connectivity index (χ1v) is 9.04. The lowest BCUT2D eigenvalue weighted by molar-refractivity contribution is 0.280. The van der Waals surface area contributed by atoms with Crippen LogP contribution in [0.2, 0.25) is 0 Å². The highest BCUT2D eigenvalue weighted by Crippen LogP contribution is 2.29. The molecule has 0 heterocycles. The summed E-state index contributed by atoms with van der Waals surface area (Å²) in [7, 11) is 1.18. The lowest BCUT2D eigenvalue weighted by Crippen LogP contribution is -2.04. The van der Waals surface area contributed by atoms with E-state index in [1.54, 1.807) is 19.9 Å². The predicted molar refractivity (Wildman–Crippen MR) is 116 cm³/mol. The van der Waals surface area contributed by atoms with Gasteiger partial charge < -0.3 is 9.84 Å². The van der Waals surface area contributed by atoms with Gasteiger partial charge in [0.15, 0.2) is 17.5 Å². The molecule has 166 valence electrons. The zero-order chi connectivity index (χ0) is 24.0. The van der Waals surface area contributed by atoms with Crippen molar-refractivity contribution in [3.8, 4) is 11.8 Å². The first-order valence-electron chi connectivity index (χ1n) is 9.04. The standard InChI is InChI=1S/C21H24F4O2.C3H6/c1-12(9-11-14(3)18(22)20(24)16(5)26)8-10-13(2)15(4)19(23)21(25)17(6)27-7;1-3-2/h12-13,26H,3-6,8,10H2,1-2,7H3;3H,1H2,2H3/b20-18-,21-19-;. The Morgan fingerprint density at radius 3 is 1.90 bits per heavy atom. The lowest BCUT2D eigenvalue weighted by Gasteiger charge is -2.15. The first kappa shape index (κ1) is 29.3. The summed E-state index contributed by atoms with van der Waals surface area (Å²) in [5.74, 6) is -2.28. The van der Waals surface area contributed by atoms with E-state index in [-0.39, 0.29) is 17.4 Å². The Bertz CT molecular complexity index is 792. The van der Waals surface area contributed by atoms with Crippen molar-refractivity contribution in [1.29, 1.82) is 0 Å². The van der Waals surface area contributed by atoms with Crippen molar-refractivity contribution >= 4 is 0 Å². The highest BCUT2D eigenvalue weighted by molar-refractivity contribution is 5.44. The van der Waals surface area contributed by atoms with Crippen LogP contribution < -0.4 is 0 Å². The van der Waals surface area contributed by atoms with Crippen LogP contribution in [0.15, 0.2) is 84.9 Å². The van der Waals surface area contributed by atoms with Gasteiger partial charge in [-0.05, 0) is 31.3 Å². The molecule has 0 saturated heterocycles. The number of aliphatic hydroxyl groups is 1. The Kier molecular flexibility index (Phi) is 14.6. The maximum absolute atomic E-state index is 14.0. The van der Waals surface area contributed by atoms with Gasteiger partial charge in [0.05, 0.1) is 12.7 Å². The summed E-state index contributed by atoms with van der Waals surface area (Å²) in [6, 6.07) is 0. The van der Waals surface area contributed by atoms with E-state index >= 15 is 0 Å². The number of rotatable bonds is 9. The van der Waals surface area contributed by atoms with Gasteiger partial charge in [0.25, 0.3) is 0 Å². The third kappa shape index (κ3) is 10.6. The van der Waals surface area contributed by atoms with Crippen molar-refractivity contribution in [3.05, 3.63) is 84.9 Å². The van der Waals surface area contributed by atoms with Crippen LogP contribution in [-0.4, -0.2) is 12.2 Å². The van der Waals surface area contributed by atoms with Crippen LogP contribution >= 0.6 is 0 Å². The summed E-state index contributed by atoms with van der Waals surface area (Å²) in [5, 5.41) is 8.81. The molecule has 0 aromatic heterocycles. The quantitative estimate of drug-likeness (QED) is 0.134. The van der Waals surface area contributed by atoms with E-state index in [9.17, 15) is 17.6 Å². The van der Waals surface area contributed by atoms with E-state index < -0.39 is 40.4 Å². The highest BCUT2D eigenvalue weighted by Gasteiger charge is 2.19. The summed E-state index contributed by atoms with van der Waals surface area (Å²) >= 11 is 0. The number of hydrogen-bond acceptors (Lipinski definition) is 2. The number of methoxy groups -OCH3 is 1. The molecule has 0 spiro atoms. The van der Waals surface area contributed by atoms with Crippen LogP contribution in [0, 0.1) is 23.7 Å². The van der Waals surface area contributed by atoms with Crippen molar-refractivity contribution in [2.45, 2.75) is 33.6 Å². The van der Waals surface area contributed by atoms with Crippen molar-refractivity contribution in [2.75, 3.05) is 7.11 Å². The summed E-state index contributed by atoms with van der Waals surface area (Å²) in [4.78, 5) is 0. The molecule has 0 aromatic rings. The summed E-state index contributed by atoms with van der Waals surface area (Å²) < 4.78 is 59.0. The third-order valence-corrected chi connectivity index (χ3v) is 3.77. The molecule has 0 aliphatic carbocycles. The second-order valence-electron chi connectivity index (χ2n) is 6.39. The predicted octanol–water partition coefficient (Wildman–Crippen LogP) is 7.88. The molecule has 0 bridgehead atoms. The Morgan fingerprint density at radius 1 is 0.967 bits per heavy atom. The molecule has 0 amide bonds. The van der Waals surface area contributed by atoms with Gasteiger partial charge in [-0.25, -0.2) is 8.78 Å². The Labute approximate surface area is 177 Å². The van der Waals surface area contributed by atoms with Gasteiger partial charge in [-0.15, -0.1) is 6.58 Å². The molecule has 2 atom stereocenters. The van der Waals surface area contributed by atoms with Crippen LogP contribution in [0.5, 0.6) is 0 Å². The van der Waals surface area contributed by atoms with Crippen molar-refractivity contribution in [2.24, 2.45) is 11.8 Å². The fourth-order valence-corrected chi connectivity index (χ4v) is 1.84. The minimum absolute atomic E-state index is 0.0345. The summed E-state index contributed by atoms with van der Waals surface area (Å²) in [5.41, 5.74) is -0.464. The molecule has 0 aliphatic heterocycles. The second-order valence-corrected chi connectivity index (χ2v) is 6.39. The minimum atomic E-state index is -1.52. The molecule has 6 heteroatoms. The maximum atomic E-state index is 14.0. The van der Waals surface area contributed by atoms with Gasteiger partial charge in [-0.3, -0.25) is 0 Å². The average molecular weight is 426 g/mol. The lowest BCUT2D eigenvalue weighted by atomic mass is 9.92. The Morgan fingerprint density at radius 2 is 1.47 bits per heavy atom. The molecule has 0 fully saturated rings. The zero-order valence-corrected chi connectivity index (χ0v) is 18.0. The van der Waals surface area contributed by atoms with Crippen LogP contribution in [0.1, 0.15) is 33.6 Å². The molecule has 0 saturated carbocycles. The molecule has 0 radical (unpaired) electrons. The van der Waals surface area contributed by atoms with E-state index in [4.69, 9.17) is 5.11 Å². The monoisotopic (exact) mass is 426 g/mol. The number of halogens is 4. The normalized spacial score (nSPS) is 13.6. The van der Waals surface area contributed by atoms with Crippen molar-refractivity contribution in [3.63, 3.8) is 0 Å². The van der Waals surface area contributed by atoms with Crippen molar-refractivity contribution in [1.82, 2.24) is 0 Å². The van der Waals surface area contributed by atoms with E-state index in [0.29, 0.717) is 12.8 Å². The molecular weight excluding hydrogens is 396 g/mol. The van der Waals surface area contributed by atoms with Gasteiger partial charge in [0, 0.05) is 5.92 Å². The van der Waals surface area contributed by atoms with Crippen LogP contribution in [0.4, 0.5) is 17.6 Å². The van der Waals surface area contributed by atoms with Crippen LogP contribution in [0.3, 0.4) is 0 Å². The fraction of sp³-hybridized carbons (Fsp3) is 0.333. The fourth-order valence-electron chi connectivity index (χ4n) is 1.84. The number of ether oxygens (including phenoxy) is 1. The van der Waals surface area contributed by atoms with Crippen molar-refractivity contribution < 1.29 is 27.4 Å². The Hall–Kier alpha value is -2.94. The molecule has 30 heavy (non-hydrogen) atoms. The summed E-state index contributed by atoms with van der Waals surface area (Å²) in [6.07, 6.45) is 2.66. The molecule has 2 unspecified atom stereocenters. The Balaban J connectivity index is 0. The SMILES string of the molecule is C=C(O)/C(F)=C(/F)C(=C)C#CC(C)CCC(C)C(=C)/C(F)=C(/F)C(=C)OC.C=CC. The first-order chi connectivity index (χ1) is 13.8. The third-order valence-electron chi connectivity index (χ3n) is 3.77. The largest absolute Gasteiger partial charge is 0.505 e. The van der Waals surface area contributed by atoms with E-state index in [1.807, 2.05) is 6.92 Å². The van der Waals surface area contributed by atoms with Gasteiger partial charge in [-0.2, -0.15) is 8.78 Å². The average Bonchev–Trinajstić information content (AvgIpc) is 2.72. The van der Waals surface area contributed by atoms with E-state index in [1.165, 1.54) is 7.11 Å². The number of hydrogen-bond donors (Lipinski definition) is 1. The van der Waals surface area contributed by atoms with E-state index in [2.05, 4.69) is 49.5 Å². The van der Waals surface area contributed by atoms with Gasteiger partial charge in [-0.1, -0.05) is 58.1 Å². The van der Waals surface area contributed by atoms with Gasteiger partial charge in [0.1, 0.15) is 11.5 Å². The molecule has 0 aromatic carbocycles. The number of allylic oxidation sites excluding steroid dienone is 7. The topological polar surface area (TPSA) is 29.5 Å². The smallest absolute Gasteiger partial charge is 0.200 e. The van der Waals surface area contributed by atoms with Gasteiger partial charge in [0.2, 0.25) is 5.83 Å². The maximum Gasteiger partial charge on any atom is 0.200 e. The molecule has 2 nitrogen and oxygen atoms in total. The molecule has 0 aliphatic rings. The molecular formula is C24H30F4O2. The molecule has 0 rings (SSSR count). The zero-order valence-electron chi connectivity index (χ0n) is 18.0. The van der Waals surface area contributed by atoms with Crippen LogP contribution in [-0.2, 0) is 4.74 Å².